The molecule has 0 unspecified atom stereocenters. The molecule has 4 aliphatic rings. The highest BCUT2D eigenvalue weighted by Crippen LogP contribution is 2.43. The number of imidazole rings is 1. The number of benzene rings is 2. The number of carbonyl (C=O) groups is 3. The first-order valence-corrected chi connectivity index (χ1v) is 22.0. The Kier molecular flexibility index (Phi) is 12.4. The molecular weight excluding hydrogens is 821 g/mol. The van der Waals surface area contributed by atoms with Crippen LogP contribution >= 0.6 is 0 Å². The molecule has 2 saturated carbocycles. The predicted octanol–water partition coefficient (Wildman–Crippen LogP) is 9.96. The monoisotopic (exact) mass is 874 g/mol. The zero-order valence-electron chi connectivity index (χ0n) is 36.0. The third-order valence-corrected chi connectivity index (χ3v) is 12.9. The molecule has 336 valence electrons. The highest BCUT2D eigenvalue weighted by atomic mass is 19.3. The number of halogens is 4. The minimum absolute atomic E-state index is 0.0152. The summed E-state index contributed by atoms with van der Waals surface area (Å²) in [5.41, 5.74) is 8.02. The van der Waals surface area contributed by atoms with Crippen LogP contribution in [0.15, 0.2) is 45.4 Å². The molecule has 3 aromatic heterocycles. The van der Waals surface area contributed by atoms with Gasteiger partial charge < -0.3 is 34.9 Å². The number of piperidine rings is 2. The van der Waals surface area contributed by atoms with Gasteiger partial charge in [-0.25, -0.2) is 22.5 Å². The first-order valence-electron chi connectivity index (χ1n) is 22.0. The molecule has 5 aromatic rings. The fourth-order valence-electron chi connectivity index (χ4n) is 9.53. The number of aryl methyl sites for hydroxylation is 4. The third kappa shape index (κ3) is 9.76. The van der Waals surface area contributed by atoms with Gasteiger partial charge in [0.15, 0.2) is 0 Å². The van der Waals surface area contributed by atoms with Gasteiger partial charge in [0.1, 0.15) is 23.4 Å². The van der Waals surface area contributed by atoms with Crippen LogP contribution in [0.4, 0.5) is 28.9 Å². The Labute approximate surface area is 362 Å². The number of hydrogen-bond acceptors (Lipinski definition) is 9. The number of aromatic nitrogens is 4. The average Bonchev–Trinajstić information content (AvgIpc) is 3.91. The Bertz CT molecular complexity index is 2450. The van der Waals surface area contributed by atoms with Gasteiger partial charge in [0.2, 0.25) is 29.6 Å². The zero-order valence-corrected chi connectivity index (χ0v) is 36.0. The van der Waals surface area contributed by atoms with Crippen molar-refractivity contribution >= 4 is 40.1 Å². The van der Waals surface area contributed by atoms with Crippen molar-refractivity contribution in [3.8, 4) is 22.3 Å². The molecule has 2 atom stereocenters. The van der Waals surface area contributed by atoms with Crippen molar-refractivity contribution in [2.45, 2.75) is 154 Å². The Morgan fingerprint density at radius 1 is 0.730 bits per heavy atom. The van der Waals surface area contributed by atoms with Gasteiger partial charge in [-0.2, -0.15) is 0 Å². The number of nitrogens with zero attached hydrogens (tertiary/aromatic N) is 4. The molecule has 13 nitrogen and oxygen atoms in total. The van der Waals surface area contributed by atoms with Gasteiger partial charge in [0.25, 0.3) is 0 Å². The molecule has 9 rings (SSSR count). The van der Waals surface area contributed by atoms with Crippen molar-refractivity contribution in [3.05, 3.63) is 65.1 Å². The molecule has 4 fully saturated rings. The van der Waals surface area contributed by atoms with Crippen molar-refractivity contribution in [3.63, 3.8) is 0 Å². The number of rotatable bonds is 8. The highest BCUT2D eigenvalue weighted by Gasteiger charge is 2.38. The Hall–Kier alpha value is -5.74. The van der Waals surface area contributed by atoms with E-state index in [9.17, 15) is 31.9 Å². The van der Waals surface area contributed by atoms with E-state index in [-0.39, 0.29) is 61.5 Å². The van der Waals surface area contributed by atoms with E-state index in [4.69, 9.17) is 14.0 Å². The van der Waals surface area contributed by atoms with Crippen LogP contribution < -0.4 is 21.3 Å². The smallest absolute Gasteiger partial charge is 0.248 e. The maximum Gasteiger partial charge on any atom is 0.248 e. The summed E-state index contributed by atoms with van der Waals surface area (Å²) in [6.45, 7) is 7.44. The van der Waals surface area contributed by atoms with Gasteiger partial charge in [0, 0.05) is 61.7 Å². The van der Waals surface area contributed by atoms with Gasteiger partial charge in [0.05, 0.1) is 39.8 Å². The van der Waals surface area contributed by atoms with Gasteiger partial charge in [-0.15, -0.1) is 0 Å². The fourth-order valence-corrected chi connectivity index (χ4v) is 9.53. The van der Waals surface area contributed by atoms with E-state index in [0.717, 1.165) is 69.1 Å². The van der Waals surface area contributed by atoms with Gasteiger partial charge >= 0.3 is 0 Å². The maximum atomic E-state index is 13.8. The Morgan fingerprint density at radius 3 is 1.89 bits per heavy atom. The van der Waals surface area contributed by atoms with Gasteiger partial charge in [-0.05, 0) is 114 Å². The third-order valence-electron chi connectivity index (χ3n) is 12.9. The molecule has 2 aliphatic carbocycles. The lowest BCUT2D eigenvalue weighted by Gasteiger charge is -2.32. The van der Waals surface area contributed by atoms with E-state index in [1.807, 2.05) is 64.1 Å². The number of hydrogen-bond donors (Lipinski definition) is 4. The molecule has 2 aliphatic heterocycles. The van der Waals surface area contributed by atoms with Crippen LogP contribution in [0, 0.1) is 27.7 Å². The second kappa shape index (κ2) is 17.8. The summed E-state index contributed by atoms with van der Waals surface area (Å²) >= 11 is 0. The summed E-state index contributed by atoms with van der Waals surface area (Å²) < 4.78 is 67.5. The summed E-state index contributed by atoms with van der Waals surface area (Å²) in [6.07, 6.45) is 4.72. The molecule has 17 heteroatoms. The number of anilines is 2. The van der Waals surface area contributed by atoms with Crippen LogP contribution in [0.3, 0.4) is 0 Å². The van der Waals surface area contributed by atoms with Crippen molar-refractivity contribution in [2.75, 3.05) is 10.6 Å². The summed E-state index contributed by atoms with van der Waals surface area (Å²) in [7, 11) is 0. The van der Waals surface area contributed by atoms with E-state index in [1.54, 1.807) is 0 Å². The summed E-state index contributed by atoms with van der Waals surface area (Å²) in [5, 5.41) is 20.1. The van der Waals surface area contributed by atoms with Crippen LogP contribution in [-0.2, 0) is 14.4 Å². The van der Waals surface area contributed by atoms with E-state index >= 15 is 0 Å². The van der Waals surface area contributed by atoms with Crippen LogP contribution in [0.25, 0.3) is 33.3 Å². The van der Waals surface area contributed by atoms with Gasteiger partial charge in [-0.1, -0.05) is 22.4 Å². The second-order valence-corrected chi connectivity index (χ2v) is 17.6. The van der Waals surface area contributed by atoms with Crippen LogP contribution in [0.2, 0.25) is 0 Å². The molecule has 0 bridgehead atoms. The molecule has 63 heavy (non-hydrogen) atoms. The van der Waals surface area contributed by atoms with Crippen molar-refractivity contribution < 1.29 is 41.0 Å². The van der Waals surface area contributed by atoms with Crippen molar-refractivity contribution in [1.82, 2.24) is 30.5 Å². The molecular formula is C46H54F4N8O5. The zero-order chi connectivity index (χ0) is 44.6. The minimum Gasteiger partial charge on any atom is -0.381 e. The second-order valence-electron chi connectivity index (χ2n) is 17.6. The largest absolute Gasteiger partial charge is 0.381 e. The molecule has 0 spiro atoms. The van der Waals surface area contributed by atoms with E-state index < -0.39 is 17.9 Å². The lowest BCUT2D eigenvalue weighted by atomic mass is 9.91. The quantitative estimate of drug-likeness (QED) is 0.111. The van der Waals surface area contributed by atoms with Crippen LogP contribution in [0.5, 0.6) is 0 Å². The standard InChI is InChI=1S/C23H28F2N4O3.C23H26F2N4O2/c1-13-21(14(2)32-29-13)15-6-7-17(26-16-8-10-23(24,25)11-9-16)19(12-15)28-22(31)18-4-3-5-20(30)27-18;1-13-21(14(2)31-28-13)15-6-7-19-18(12-15)27-22(17-4-3-5-20(30)26-17)29(19)16-8-10-23(24,25)11-9-16/h6-7,12,16,18,26H,3-5,8-11H2,1-2H3,(H,27,30)(H,28,31);6-7,12,16-17H,3-5,8-11H2,1-2H3,(H,26,30)/t18-;17-/m00/s1. The molecule has 4 N–H and O–H groups in total. The first kappa shape index (κ1) is 43.9. The molecule has 5 heterocycles. The average molecular weight is 875 g/mol. The Morgan fingerprint density at radius 2 is 1.30 bits per heavy atom. The van der Waals surface area contributed by atoms with E-state index in [0.29, 0.717) is 68.5 Å². The van der Waals surface area contributed by atoms with Crippen molar-refractivity contribution in [1.29, 1.82) is 0 Å². The lowest BCUT2D eigenvalue weighted by molar-refractivity contribution is -0.128. The predicted molar refractivity (Wildman–Crippen MR) is 229 cm³/mol. The van der Waals surface area contributed by atoms with Crippen LogP contribution in [-0.4, -0.2) is 61.5 Å². The number of amides is 3. The first-order chi connectivity index (χ1) is 30.0. The number of nitrogens with one attached hydrogen (secondary N) is 4. The number of alkyl halides is 4. The maximum absolute atomic E-state index is 13.8. The lowest BCUT2D eigenvalue weighted by Crippen LogP contribution is -2.46. The van der Waals surface area contributed by atoms with Crippen molar-refractivity contribution in [2.24, 2.45) is 0 Å². The molecule has 2 aromatic carbocycles. The van der Waals surface area contributed by atoms with Gasteiger partial charge in [-0.3, -0.25) is 14.4 Å². The molecule has 3 amide bonds. The summed E-state index contributed by atoms with van der Waals surface area (Å²) in [5.74, 6) is -3.45. The number of carbonyl (C=O) groups excluding carboxylic acids is 3. The molecule has 2 saturated heterocycles. The van der Waals surface area contributed by atoms with Crippen LogP contribution in [0.1, 0.15) is 131 Å². The van der Waals surface area contributed by atoms with E-state index in [2.05, 4.69) is 36.1 Å². The normalized spacial score (nSPS) is 21.6. The summed E-state index contributed by atoms with van der Waals surface area (Å²) in [6, 6.07) is 10.6. The SMILES string of the molecule is Cc1noc(C)c1-c1ccc(NC2CCC(F)(F)CC2)c(NC(=O)[C@@H]2CCCC(=O)N2)c1.Cc1noc(C)c1-c1ccc2c(c1)nc([C@@H]1CCCC(=O)N1)n2C1CCC(F)(F)CC1. The number of fused-ring (bicyclic) bond motifs is 1. The topological polar surface area (TPSA) is 169 Å². The fraction of sp³-hybridized carbons (Fsp3) is 0.522. The highest BCUT2D eigenvalue weighted by molar-refractivity contribution is 6.00. The minimum atomic E-state index is -2.61. The summed E-state index contributed by atoms with van der Waals surface area (Å²) in [4.78, 5) is 41.6. The van der Waals surface area contributed by atoms with E-state index in [1.165, 1.54) is 0 Å². The Balaban J connectivity index is 0.000000173. The molecule has 0 radical (unpaired) electrons.